The zero-order valence-electron chi connectivity index (χ0n) is 53.3. The Morgan fingerprint density at radius 3 is 0.808 bits per heavy atom. The molecule has 1 heterocycles. The van der Waals surface area contributed by atoms with E-state index in [9.17, 15) is 10.2 Å². The van der Waals surface area contributed by atoms with Gasteiger partial charge in [0.25, 0.3) is 0 Å². The molecule has 0 aromatic carbocycles. The van der Waals surface area contributed by atoms with Crippen molar-refractivity contribution >= 4 is 0 Å². The van der Waals surface area contributed by atoms with E-state index in [1.807, 2.05) is 20.8 Å². The summed E-state index contributed by atoms with van der Waals surface area (Å²) in [5.41, 5.74) is 0. The van der Waals surface area contributed by atoms with Crippen molar-refractivity contribution in [3.05, 3.63) is 0 Å². The van der Waals surface area contributed by atoms with E-state index in [1.54, 1.807) is 0 Å². The van der Waals surface area contributed by atoms with Crippen molar-refractivity contribution in [3.63, 3.8) is 0 Å². The van der Waals surface area contributed by atoms with Gasteiger partial charge >= 0.3 is 0 Å². The Bertz CT molecular complexity index is 1150. The highest BCUT2D eigenvalue weighted by Crippen LogP contribution is 2.27. The van der Waals surface area contributed by atoms with Gasteiger partial charge in [-0.05, 0) is 40.0 Å². The number of aliphatic hydroxyl groups excluding tert-OH is 2. The summed E-state index contributed by atoms with van der Waals surface area (Å²) in [6.45, 7) is 16.0. The molecule has 0 radical (unpaired) electrons. The van der Waals surface area contributed by atoms with Gasteiger partial charge in [-0.2, -0.15) is 0 Å². The van der Waals surface area contributed by atoms with Crippen LogP contribution in [0.1, 0.15) is 350 Å². The largest absolute Gasteiger partial charge is 0.387 e. The van der Waals surface area contributed by atoms with Crippen molar-refractivity contribution in [2.75, 3.05) is 46.2 Å². The predicted molar refractivity (Wildman–Crippen MR) is 332 cm³/mol. The van der Waals surface area contributed by atoms with Gasteiger partial charge in [-0.3, -0.25) is 0 Å². The molecule has 1 saturated heterocycles. The molecule has 468 valence electrons. The SMILES string of the molecule is CCCCCCCCCCCCCCCCCCOC(C)COC[C@H]1O[C@@H](O)[C@H](OCC(C)OCCCCCCCCCCCCCCCCCC)[C@@H](OCC(C)OCCCCCCCCCCCCCCCCCC)[C@@H]1O. The number of hydrogen-bond acceptors (Lipinski definition) is 9. The Hall–Kier alpha value is -0.360. The second-order valence-electron chi connectivity index (χ2n) is 24.6. The fourth-order valence-electron chi connectivity index (χ4n) is 11.2. The lowest BCUT2D eigenvalue weighted by atomic mass is 9.98. The molecule has 9 heteroatoms. The van der Waals surface area contributed by atoms with Gasteiger partial charge < -0.3 is 43.4 Å². The summed E-state index contributed by atoms with van der Waals surface area (Å²) in [5, 5.41) is 23.0. The van der Waals surface area contributed by atoms with E-state index in [-0.39, 0.29) is 38.1 Å². The molecule has 0 aliphatic carbocycles. The van der Waals surface area contributed by atoms with Gasteiger partial charge in [-0.15, -0.1) is 0 Å². The van der Waals surface area contributed by atoms with Crippen molar-refractivity contribution in [2.45, 2.75) is 399 Å². The topological polar surface area (TPSA) is 105 Å². The molecule has 0 saturated carbocycles. The van der Waals surface area contributed by atoms with Crippen LogP contribution in [0.2, 0.25) is 0 Å². The number of aliphatic hydroxyl groups is 2. The fourth-order valence-corrected chi connectivity index (χ4v) is 11.2. The smallest absolute Gasteiger partial charge is 0.184 e. The first kappa shape index (κ1) is 75.7. The van der Waals surface area contributed by atoms with E-state index in [1.165, 1.54) is 289 Å². The van der Waals surface area contributed by atoms with Crippen LogP contribution in [0.5, 0.6) is 0 Å². The van der Waals surface area contributed by atoms with Crippen molar-refractivity contribution < 1.29 is 43.4 Å². The summed E-state index contributed by atoms with van der Waals surface area (Å²) in [6.07, 6.45) is 59.4. The van der Waals surface area contributed by atoms with Gasteiger partial charge in [0.15, 0.2) is 6.29 Å². The molecule has 9 nitrogen and oxygen atoms in total. The molecular formula is C69H138O9. The fraction of sp³-hybridized carbons (Fsp3) is 1.00. The molecule has 1 rings (SSSR count). The maximum absolute atomic E-state index is 11.7. The number of hydrogen-bond donors (Lipinski definition) is 2. The Kier molecular flexibility index (Phi) is 58.0. The van der Waals surface area contributed by atoms with Crippen LogP contribution in [-0.4, -0.2) is 105 Å². The van der Waals surface area contributed by atoms with E-state index in [4.69, 9.17) is 33.2 Å². The molecule has 0 amide bonds. The van der Waals surface area contributed by atoms with Crippen LogP contribution in [0.4, 0.5) is 0 Å². The van der Waals surface area contributed by atoms with Crippen LogP contribution in [-0.2, 0) is 33.2 Å². The Morgan fingerprint density at radius 2 is 0.538 bits per heavy atom. The summed E-state index contributed by atoms with van der Waals surface area (Å²) in [5.74, 6) is 0. The summed E-state index contributed by atoms with van der Waals surface area (Å²) in [4.78, 5) is 0. The first-order chi connectivity index (χ1) is 38.3. The number of rotatable bonds is 64. The third-order valence-corrected chi connectivity index (χ3v) is 16.5. The molecule has 78 heavy (non-hydrogen) atoms. The van der Waals surface area contributed by atoms with Gasteiger partial charge in [0.2, 0.25) is 0 Å². The molecule has 0 aromatic heterocycles. The highest BCUT2D eigenvalue weighted by atomic mass is 16.7. The first-order valence-corrected chi connectivity index (χ1v) is 35.0. The predicted octanol–water partition coefficient (Wildman–Crippen LogP) is 19.9. The molecule has 0 spiro atoms. The van der Waals surface area contributed by atoms with Gasteiger partial charge in [-0.25, -0.2) is 0 Å². The zero-order valence-corrected chi connectivity index (χ0v) is 53.3. The highest BCUT2D eigenvalue weighted by molar-refractivity contribution is 4.91. The van der Waals surface area contributed by atoms with E-state index in [0.29, 0.717) is 19.8 Å². The average molecular weight is 1110 g/mol. The van der Waals surface area contributed by atoms with E-state index >= 15 is 0 Å². The molecule has 0 bridgehead atoms. The van der Waals surface area contributed by atoms with Gasteiger partial charge in [-0.1, -0.05) is 310 Å². The van der Waals surface area contributed by atoms with E-state index < -0.39 is 30.7 Å². The van der Waals surface area contributed by atoms with Crippen LogP contribution >= 0.6 is 0 Å². The lowest BCUT2D eigenvalue weighted by Gasteiger charge is -2.43. The van der Waals surface area contributed by atoms with Crippen LogP contribution in [0.3, 0.4) is 0 Å². The monoisotopic (exact) mass is 1110 g/mol. The second-order valence-corrected chi connectivity index (χ2v) is 24.6. The van der Waals surface area contributed by atoms with Gasteiger partial charge in [0.05, 0.1) is 44.7 Å². The Morgan fingerprint density at radius 1 is 0.308 bits per heavy atom. The standard InChI is InChI=1S/C69H138O9/c1-7-10-13-16-19-22-25-28-31-34-37-40-43-46-49-52-55-73-62(4)58-72-61-65-66(70)67(76-59-63(5)74-56-53-50-47-44-41-38-35-32-29-26-23-20-17-14-11-8-2)68(69(71)78-65)77-60-64(6)75-57-54-51-48-45-42-39-36-33-30-27-24-21-18-15-12-9-3/h62-71H,7-61H2,1-6H3/t62?,63?,64?,65-,66-,67+,68-,69-/m1/s1. The van der Waals surface area contributed by atoms with Gasteiger partial charge in [0.1, 0.15) is 24.4 Å². The molecule has 0 aromatic rings. The molecule has 2 N–H and O–H groups in total. The van der Waals surface area contributed by atoms with Crippen LogP contribution in [0, 0.1) is 0 Å². The number of unbranched alkanes of at least 4 members (excludes halogenated alkanes) is 45. The highest BCUT2D eigenvalue weighted by Gasteiger charge is 2.46. The minimum absolute atomic E-state index is 0.0804. The van der Waals surface area contributed by atoms with E-state index in [2.05, 4.69) is 20.8 Å². The molecule has 8 atom stereocenters. The van der Waals surface area contributed by atoms with Crippen molar-refractivity contribution in [1.82, 2.24) is 0 Å². The molecular weight excluding hydrogens is 973 g/mol. The summed E-state index contributed by atoms with van der Waals surface area (Å²) in [7, 11) is 0. The third-order valence-electron chi connectivity index (χ3n) is 16.5. The lowest BCUT2D eigenvalue weighted by molar-refractivity contribution is -0.310. The van der Waals surface area contributed by atoms with Crippen molar-refractivity contribution in [2.24, 2.45) is 0 Å². The normalized spacial score (nSPS) is 19.0. The quantitative estimate of drug-likeness (QED) is 0.0576. The van der Waals surface area contributed by atoms with Crippen molar-refractivity contribution in [1.29, 1.82) is 0 Å². The maximum atomic E-state index is 11.7. The lowest BCUT2D eigenvalue weighted by Crippen LogP contribution is -2.61. The summed E-state index contributed by atoms with van der Waals surface area (Å²) in [6, 6.07) is 0. The summed E-state index contributed by atoms with van der Waals surface area (Å²) >= 11 is 0. The third kappa shape index (κ3) is 49.1. The molecule has 1 aliphatic heterocycles. The van der Waals surface area contributed by atoms with Crippen LogP contribution < -0.4 is 0 Å². The minimum Gasteiger partial charge on any atom is -0.387 e. The molecule has 1 aliphatic rings. The molecule has 1 fully saturated rings. The van der Waals surface area contributed by atoms with Crippen molar-refractivity contribution in [3.8, 4) is 0 Å². The maximum Gasteiger partial charge on any atom is 0.184 e. The second kappa shape index (κ2) is 59.8. The minimum atomic E-state index is -1.29. The van der Waals surface area contributed by atoms with Crippen LogP contribution in [0.25, 0.3) is 0 Å². The van der Waals surface area contributed by atoms with Gasteiger partial charge in [0, 0.05) is 19.8 Å². The average Bonchev–Trinajstić information content (AvgIpc) is 3.45. The zero-order chi connectivity index (χ0) is 56.5. The Balaban J connectivity index is 2.40. The van der Waals surface area contributed by atoms with Crippen LogP contribution in [0.15, 0.2) is 0 Å². The Labute approximate surface area is 486 Å². The number of ether oxygens (including phenoxy) is 7. The molecule has 3 unspecified atom stereocenters. The summed E-state index contributed by atoms with van der Waals surface area (Å²) < 4.78 is 43.1. The first-order valence-electron chi connectivity index (χ1n) is 35.0. The van der Waals surface area contributed by atoms with E-state index in [0.717, 1.165) is 25.9 Å².